The second-order valence-corrected chi connectivity index (χ2v) is 11.9. The van der Waals surface area contributed by atoms with Crippen molar-refractivity contribution >= 4 is 17.8 Å². The average Bonchev–Trinajstić information content (AvgIpc) is 2.86. The zero-order valence-corrected chi connectivity index (χ0v) is 22.3. The number of nitrogens with two attached hydrogens (primary N) is 1. The molecule has 0 radical (unpaired) electrons. The van der Waals surface area contributed by atoms with Crippen molar-refractivity contribution in [1.82, 2.24) is 10.2 Å². The summed E-state index contributed by atoms with van der Waals surface area (Å²) in [6, 6.07) is 9.15. The molecule has 0 saturated heterocycles. The largest absolute Gasteiger partial charge is 0.487 e. The van der Waals surface area contributed by atoms with Crippen LogP contribution < -0.4 is 15.8 Å². The lowest BCUT2D eigenvalue weighted by Gasteiger charge is -2.40. The Morgan fingerprint density at radius 1 is 1.08 bits per heavy atom. The molecule has 0 saturated carbocycles. The van der Waals surface area contributed by atoms with E-state index in [9.17, 15) is 9.59 Å². The van der Waals surface area contributed by atoms with Gasteiger partial charge in [0.1, 0.15) is 11.4 Å². The number of aryl methyl sites for hydroxylation is 1. The van der Waals surface area contributed by atoms with Crippen LogP contribution in [0.25, 0.3) is 0 Å². The highest BCUT2D eigenvalue weighted by Crippen LogP contribution is 2.47. The Labute approximate surface area is 226 Å². The Morgan fingerprint density at radius 3 is 2.69 bits per heavy atom. The van der Waals surface area contributed by atoms with Gasteiger partial charge in [0.2, 0.25) is 5.91 Å². The maximum Gasteiger partial charge on any atom is 0.273 e. The molecule has 4 heterocycles. The normalized spacial score (nSPS) is 27.5. The third-order valence-electron chi connectivity index (χ3n) is 8.44. The highest BCUT2D eigenvalue weighted by atomic mass is 19.3. The highest BCUT2D eigenvalue weighted by Gasteiger charge is 2.45. The van der Waals surface area contributed by atoms with E-state index in [4.69, 9.17) is 10.5 Å². The summed E-state index contributed by atoms with van der Waals surface area (Å²) in [7, 11) is 0. The van der Waals surface area contributed by atoms with Crippen LogP contribution in [0, 0.1) is 0 Å². The van der Waals surface area contributed by atoms with E-state index in [-0.39, 0.29) is 59.4 Å². The molecule has 9 heteroatoms. The second-order valence-electron chi connectivity index (χ2n) is 11.9. The first-order chi connectivity index (χ1) is 18.5. The van der Waals surface area contributed by atoms with E-state index in [2.05, 4.69) is 22.4 Å². The van der Waals surface area contributed by atoms with Gasteiger partial charge < -0.3 is 15.8 Å². The number of fused-ring (bicyclic) bond motifs is 5. The average molecular weight is 537 g/mol. The number of hydrogen-bond acceptors (Lipinski definition) is 5. The summed E-state index contributed by atoms with van der Waals surface area (Å²) in [5, 5.41) is 3.14. The number of ether oxygens (including phenoxy) is 1. The highest BCUT2D eigenvalue weighted by molar-refractivity contribution is 5.99. The van der Waals surface area contributed by atoms with Gasteiger partial charge in [0.25, 0.3) is 11.8 Å². The predicted octanol–water partition coefficient (Wildman–Crippen LogP) is 5.29. The van der Waals surface area contributed by atoms with Crippen molar-refractivity contribution in [2.75, 3.05) is 0 Å². The molecule has 0 spiro atoms. The number of amides is 2. The first-order valence-electron chi connectivity index (χ1n) is 13.8. The standard InChI is InChI=1S/C30H34F2N4O3/c1-29(2)16-23-21-13-17(7-10-25(21)39-29)5-3-4-6-19-15-26(37)36(28(33)34-19)24-11-12-30(31,32)22-9-8-18(14-20(22)24)27(38)35-23/h7-10,13-14,19,23-24H,3-6,11-12,15-16H2,1-2H3,(H2,33,34)(H,35,38)/t19?,23?,24-/m1/s1. The number of guanidine groups is 1. The molecule has 1 aliphatic carbocycles. The van der Waals surface area contributed by atoms with Crippen molar-refractivity contribution in [3.05, 3.63) is 64.2 Å². The molecule has 3 N–H and O–H groups in total. The Bertz CT molecular complexity index is 1370. The van der Waals surface area contributed by atoms with Crippen LogP contribution in [0.15, 0.2) is 41.4 Å². The fourth-order valence-electron chi connectivity index (χ4n) is 6.55. The van der Waals surface area contributed by atoms with E-state index in [0.29, 0.717) is 6.42 Å². The molecule has 6 bridgehead atoms. The minimum Gasteiger partial charge on any atom is -0.487 e. The van der Waals surface area contributed by atoms with Gasteiger partial charge in [0.15, 0.2) is 5.96 Å². The number of halogens is 2. The molecule has 2 amide bonds. The lowest BCUT2D eigenvalue weighted by Crippen LogP contribution is -2.50. The number of rotatable bonds is 0. The molecular weight excluding hydrogens is 502 g/mol. The third kappa shape index (κ3) is 4.76. The van der Waals surface area contributed by atoms with E-state index < -0.39 is 24.0 Å². The molecule has 206 valence electrons. The molecule has 39 heavy (non-hydrogen) atoms. The minimum atomic E-state index is -3.06. The molecule has 7 nitrogen and oxygen atoms in total. The van der Waals surface area contributed by atoms with Gasteiger partial charge in [-0.15, -0.1) is 0 Å². The van der Waals surface area contributed by atoms with Gasteiger partial charge in [0, 0.05) is 36.0 Å². The van der Waals surface area contributed by atoms with Crippen molar-refractivity contribution < 1.29 is 23.1 Å². The Hall–Kier alpha value is -3.49. The molecule has 2 aromatic carbocycles. The van der Waals surface area contributed by atoms with Gasteiger partial charge in [-0.25, -0.2) is 13.8 Å². The fourth-order valence-corrected chi connectivity index (χ4v) is 6.55. The van der Waals surface area contributed by atoms with Crippen molar-refractivity contribution in [1.29, 1.82) is 0 Å². The fraction of sp³-hybridized carbons (Fsp3) is 0.500. The van der Waals surface area contributed by atoms with Crippen LogP contribution >= 0.6 is 0 Å². The van der Waals surface area contributed by atoms with Gasteiger partial charge in [-0.05, 0) is 68.9 Å². The molecule has 7 rings (SSSR count). The van der Waals surface area contributed by atoms with Crippen molar-refractivity contribution in [3.63, 3.8) is 0 Å². The molecule has 0 aromatic heterocycles. The van der Waals surface area contributed by atoms with Crippen LogP contribution in [-0.4, -0.2) is 34.3 Å². The van der Waals surface area contributed by atoms with Crippen LogP contribution in [0.5, 0.6) is 5.75 Å². The van der Waals surface area contributed by atoms with Gasteiger partial charge in [-0.2, -0.15) is 0 Å². The Kier molecular flexibility index (Phi) is 6.15. The third-order valence-corrected chi connectivity index (χ3v) is 8.44. The molecular formula is C30H34F2N4O3. The lowest BCUT2D eigenvalue weighted by atomic mass is 9.82. The van der Waals surface area contributed by atoms with Crippen LogP contribution in [0.1, 0.15) is 103 Å². The topological polar surface area (TPSA) is 97.0 Å². The van der Waals surface area contributed by atoms with Gasteiger partial charge in [0.05, 0.1) is 18.1 Å². The Morgan fingerprint density at radius 2 is 1.90 bits per heavy atom. The van der Waals surface area contributed by atoms with Gasteiger partial charge in [-0.1, -0.05) is 24.6 Å². The number of nitrogens with zero attached hydrogens (tertiary/aromatic N) is 2. The predicted molar refractivity (Wildman–Crippen MR) is 143 cm³/mol. The van der Waals surface area contributed by atoms with Crippen molar-refractivity contribution in [2.24, 2.45) is 10.7 Å². The molecule has 2 unspecified atom stereocenters. The summed E-state index contributed by atoms with van der Waals surface area (Å²) in [6.07, 6.45) is 3.74. The number of carbonyl (C=O) groups excluding carboxylic acids is 2. The summed E-state index contributed by atoms with van der Waals surface area (Å²) in [6.45, 7) is 3.97. The van der Waals surface area contributed by atoms with Gasteiger partial charge in [-0.3, -0.25) is 14.5 Å². The SMILES string of the molecule is CC1(C)CC2NC(=O)c3ccc4c(c3)[C@@H](CCC4(F)F)N3C(=O)CC(CCCCc4ccc(c2c4)O1)N=C3N. The second kappa shape index (κ2) is 9.31. The quantitative estimate of drug-likeness (QED) is 0.478. The summed E-state index contributed by atoms with van der Waals surface area (Å²) in [5.41, 5.74) is 8.22. The molecule has 0 fully saturated rings. The van der Waals surface area contributed by atoms with E-state index in [1.807, 2.05) is 19.9 Å². The smallest absolute Gasteiger partial charge is 0.273 e. The molecule has 2 aromatic rings. The number of carbonyl (C=O) groups is 2. The van der Waals surface area contributed by atoms with Crippen molar-refractivity contribution in [3.8, 4) is 5.75 Å². The van der Waals surface area contributed by atoms with E-state index in [1.54, 1.807) is 0 Å². The van der Waals surface area contributed by atoms with Crippen LogP contribution in [0.2, 0.25) is 0 Å². The minimum absolute atomic E-state index is 0.0298. The summed E-state index contributed by atoms with van der Waals surface area (Å²) in [4.78, 5) is 32.8. The number of hydrogen-bond donors (Lipinski definition) is 2. The van der Waals surface area contributed by atoms with E-state index >= 15 is 8.78 Å². The Balaban J connectivity index is 1.44. The number of aliphatic imine (C=N–C) groups is 1. The van der Waals surface area contributed by atoms with E-state index in [1.165, 1.54) is 23.1 Å². The van der Waals surface area contributed by atoms with Crippen LogP contribution in [0.3, 0.4) is 0 Å². The van der Waals surface area contributed by atoms with Crippen molar-refractivity contribution in [2.45, 2.75) is 94.9 Å². The summed E-state index contributed by atoms with van der Waals surface area (Å²) in [5.74, 6) is -2.83. The zero-order chi connectivity index (χ0) is 27.5. The maximum atomic E-state index is 15.0. The summed E-state index contributed by atoms with van der Waals surface area (Å²) >= 11 is 0. The lowest BCUT2D eigenvalue weighted by molar-refractivity contribution is -0.131. The number of alkyl halides is 2. The first-order valence-corrected chi connectivity index (χ1v) is 13.8. The van der Waals surface area contributed by atoms with E-state index in [0.717, 1.165) is 42.6 Å². The number of benzene rings is 2. The monoisotopic (exact) mass is 536 g/mol. The zero-order valence-electron chi connectivity index (χ0n) is 22.3. The molecule has 3 atom stereocenters. The maximum absolute atomic E-state index is 15.0. The van der Waals surface area contributed by atoms with Crippen LogP contribution in [-0.2, 0) is 17.1 Å². The molecule has 5 aliphatic rings. The number of nitrogens with one attached hydrogen (secondary N) is 1. The first kappa shape index (κ1) is 25.8. The van der Waals surface area contributed by atoms with Gasteiger partial charge >= 0.3 is 0 Å². The van der Waals surface area contributed by atoms with Crippen LogP contribution in [0.4, 0.5) is 8.78 Å². The summed E-state index contributed by atoms with van der Waals surface area (Å²) < 4.78 is 36.3. The molecule has 4 aliphatic heterocycles.